The van der Waals surface area contributed by atoms with E-state index in [2.05, 4.69) is 9.46 Å². The van der Waals surface area contributed by atoms with E-state index in [9.17, 15) is 17.5 Å². The summed E-state index contributed by atoms with van der Waals surface area (Å²) in [6.07, 6.45) is 0. The average molecular weight is 168 g/mol. The van der Waals surface area contributed by atoms with Crippen molar-refractivity contribution < 1.29 is 27.0 Å². The normalized spacial score (nSPS) is 11.9. The van der Waals surface area contributed by atoms with Crippen LogP contribution in [0.4, 0.5) is 12.9 Å². The first-order valence-corrected chi connectivity index (χ1v) is 4.06. The van der Waals surface area contributed by atoms with E-state index in [1.807, 2.05) is 0 Å². The van der Waals surface area contributed by atoms with Gasteiger partial charge < -0.3 is 0 Å². The van der Waals surface area contributed by atoms with Gasteiger partial charge in [-0.3, -0.25) is 0 Å². The molecule has 8 heavy (non-hydrogen) atoms. The van der Waals surface area contributed by atoms with Crippen LogP contribution >= 0.6 is 18.6 Å². The van der Waals surface area contributed by atoms with Gasteiger partial charge in [-0.25, -0.2) is 4.57 Å². The summed E-state index contributed by atoms with van der Waals surface area (Å²) in [5, 5.41) is 0. The van der Waals surface area contributed by atoms with Gasteiger partial charge in [0.15, 0.2) is 11.8 Å². The zero-order chi connectivity index (χ0) is 6.62. The molecule has 0 aromatic carbocycles. The highest BCUT2D eigenvalue weighted by Crippen LogP contribution is 2.61. The van der Waals surface area contributed by atoms with Crippen molar-refractivity contribution in [2.24, 2.45) is 0 Å². The van der Waals surface area contributed by atoms with Crippen LogP contribution in [0.15, 0.2) is 0 Å². The standard InChI is InChI=1S/F3O3PS/c1-5-7(4,6-2)8-3. The maximum absolute atomic E-state index is 11.0. The molecule has 0 radical (unpaired) electrons. The molecule has 3 nitrogen and oxygen atoms in total. The third-order valence-corrected chi connectivity index (χ3v) is 1.61. The Morgan fingerprint density at radius 2 is 1.75 bits per heavy atom. The van der Waals surface area contributed by atoms with E-state index >= 15 is 0 Å². The van der Waals surface area contributed by atoms with Crippen LogP contribution in [0, 0.1) is 0 Å². The van der Waals surface area contributed by atoms with Crippen LogP contribution in [-0.2, 0) is 14.0 Å². The molecule has 8 heteroatoms. The van der Waals surface area contributed by atoms with Crippen LogP contribution < -0.4 is 0 Å². The van der Waals surface area contributed by atoms with Crippen molar-refractivity contribution >= 4 is 18.6 Å². The summed E-state index contributed by atoms with van der Waals surface area (Å²) in [6, 6.07) is 0. The summed E-state index contributed by atoms with van der Waals surface area (Å²) in [5.41, 5.74) is 0. The van der Waals surface area contributed by atoms with Gasteiger partial charge in [0.05, 0.1) is 0 Å². The van der Waals surface area contributed by atoms with Crippen molar-refractivity contribution in [3.05, 3.63) is 0 Å². The van der Waals surface area contributed by atoms with Crippen LogP contribution in [0.25, 0.3) is 0 Å². The highest BCUT2D eigenvalue weighted by molar-refractivity contribution is 8.52. The van der Waals surface area contributed by atoms with E-state index < -0.39 is 18.6 Å². The van der Waals surface area contributed by atoms with Gasteiger partial charge in [0, 0.05) is 0 Å². The van der Waals surface area contributed by atoms with Crippen molar-refractivity contribution in [1.82, 2.24) is 0 Å². The number of hydrogen-bond donors (Lipinski definition) is 0. The van der Waals surface area contributed by atoms with Gasteiger partial charge in [0.25, 0.3) is 0 Å². The second-order valence-electron chi connectivity index (χ2n) is 0.654. The molecule has 0 bridgehead atoms. The van der Waals surface area contributed by atoms with E-state index in [0.29, 0.717) is 0 Å². The second-order valence-corrected chi connectivity index (χ2v) is 3.72. The molecule has 0 heterocycles. The third kappa shape index (κ3) is 2.04. The molecule has 0 saturated heterocycles. The van der Waals surface area contributed by atoms with Gasteiger partial charge in [-0.05, 0) is 9.05 Å². The molecule has 0 atom stereocenters. The van der Waals surface area contributed by atoms with Crippen molar-refractivity contribution in [3.8, 4) is 0 Å². The fraction of sp³-hybridized carbons (Fsp3) is 0. The molecule has 50 valence electrons. The fourth-order valence-corrected chi connectivity index (χ4v) is 0.224. The van der Waals surface area contributed by atoms with Crippen LogP contribution in [0.5, 0.6) is 0 Å². The molecule has 0 aromatic rings. The Morgan fingerprint density at radius 1 is 1.38 bits per heavy atom. The van der Waals surface area contributed by atoms with Crippen LogP contribution in [0.1, 0.15) is 0 Å². The van der Waals surface area contributed by atoms with Gasteiger partial charge in [-0.15, -0.1) is 0 Å². The monoisotopic (exact) mass is 168 g/mol. The van der Waals surface area contributed by atoms with Crippen LogP contribution in [0.3, 0.4) is 0 Å². The Bertz CT molecular complexity index is 85.7. The lowest BCUT2D eigenvalue weighted by Crippen LogP contribution is -1.70. The molecule has 0 aromatic heterocycles. The molecule has 0 fully saturated rings. The summed E-state index contributed by atoms with van der Waals surface area (Å²) >= 11 is -1.17. The van der Waals surface area contributed by atoms with Crippen LogP contribution in [-0.4, -0.2) is 0 Å². The average Bonchev–Trinajstić information content (AvgIpc) is 1.87. The van der Waals surface area contributed by atoms with Gasteiger partial charge >= 0.3 is 6.80 Å². The van der Waals surface area contributed by atoms with Crippen molar-refractivity contribution in [3.63, 3.8) is 0 Å². The van der Waals surface area contributed by atoms with Gasteiger partial charge in [-0.2, -0.15) is 3.89 Å². The molecule has 0 spiro atoms. The molecule has 0 rings (SSSR count). The summed E-state index contributed by atoms with van der Waals surface area (Å²) < 4.78 is 46.6. The maximum Gasteiger partial charge on any atom is 0.482 e. The number of hydrogen-bond acceptors (Lipinski definition) is 4. The predicted octanol–water partition coefficient (Wildman–Crippen LogP) is 2.51. The SMILES string of the molecule is O=P(OF)(OF)SF. The molecule has 0 saturated carbocycles. The first-order chi connectivity index (χ1) is 3.68. The Balaban J connectivity index is 3.79. The van der Waals surface area contributed by atoms with E-state index in [1.165, 1.54) is 0 Å². The number of halogens is 3. The van der Waals surface area contributed by atoms with Crippen molar-refractivity contribution in [2.75, 3.05) is 0 Å². The highest BCUT2D eigenvalue weighted by atomic mass is 32.8. The van der Waals surface area contributed by atoms with Gasteiger partial charge in [-0.1, -0.05) is 9.46 Å². The molecule has 0 aliphatic heterocycles. The summed E-state index contributed by atoms with van der Waals surface area (Å²) in [4.78, 5) is 0. The minimum Gasteiger partial charge on any atom is -0.239 e. The topological polar surface area (TPSA) is 35.5 Å². The molecular weight excluding hydrogens is 168 g/mol. The lowest BCUT2D eigenvalue weighted by Gasteiger charge is -1.95. The van der Waals surface area contributed by atoms with E-state index in [0.717, 1.165) is 0 Å². The summed E-state index contributed by atoms with van der Waals surface area (Å²) in [5.74, 6) is 0. The first kappa shape index (κ1) is 8.29. The third-order valence-electron chi connectivity index (χ3n) is 0.254. The Kier molecular flexibility index (Phi) is 3.46. The predicted molar refractivity (Wildman–Crippen MR) is 20.7 cm³/mol. The molecule has 0 N–H and O–H groups in total. The zero-order valence-electron chi connectivity index (χ0n) is 3.21. The number of rotatable bonds is 3. The van der Waals surface area contributed by atoms with Crippen molar-refractivity contribution in [2.45, 2.75) is 0 Å². The highest BCUT2D eigenvalue weighted by Gasteiger charge is 2.29. The Hall–Kier alpha value is 0.290. The maximum atomic E-state index is 11.0. The van der Waals surface area contributed by atoms with Crippen molar-refractivity contribution in [1.29, 1.82) is 0 Å². The first-order valence-electron chi connectivity index (χ1n) is 1.19. The van der Waals surface area contributed by atoms with Gasteiger partial charge in [0.1, 0.15) is 0 Å². The summed E-state index contributed by atoms with van der Waals surface area (Å²) in [7, 11) is 0. The van der Waals surface area contributed by atoms with E-state index in [1.54, 1.807) is 0 Å². The Labute approximate surface area is 46.5 Å². The molecule has 0 unspecified atom stereocenters. The minimum absolute atomic E-state index is 1.17. The Morgan fingerprint density at radius 3 is 1.75 bits per heavy atom. The second kappa shape index (κ2) is 3.34. The van der Waals surface area contributed by atoms with E-state index in [4.69, 9.17) is 0 Å². The minimum atomic E-state index is -4.75. The smallest absolute Gasteiger partial charge is 0.239 e. The summed E-state index contributed by atoms with van der Waals surface area (Å²) in [6.45, 7) is -4.75. The molecule has 0 aliphatic carbocycles. The van der Waals surface area contributed by atoms with E-state index in [-0.39, 0.29) is 0 Å². The fourth-order valence-electron chi connectivity index (χ4n) is 0.0319. The lowest BCUT2D eigenvalue weighted by atomic mass is 15.6. The lowest BCUT2D eigenvalue weighted by molar-refractivity contribution is -0.0792. The molecule has 0 aliphatic rings. The molecule has 0 amide bonds. The quantitative estimate of drug-likeness (QED) is 0.606. The van der Waals surface area contributed by atoms with Gasteiger partial charge in [0.2, 0.25) is 0 Å². The zero-order valence-corrected chi connectivity index (χ0v) is 4.93. The largest absolute Gasteiger partial charge is 0.482 e. The molecular formula is F3O3PS. The van der Waals surface area contributed by atoms with Crippen LogP contribution in [0.2, 0.25) is 0 Å².